The number of hydrogen-bond acceptors (Lipinski definition) is 7. The van der Waals surface area contributed by atoms with Gasteiger partial charge in [-0.15, -0.1) is 11.3 Å². The molecule has 160 valence electrons. The van der Waals surface area contributed by atoms with Crippen LogP contribution in [0.15, 0.2) is 24.4 Å². The SMILES string of the molecule is Cn1ncc2c1CCc1sc(N(C[C@@H]3CCCO3)C(=O)c3ccc4c(c3)OCO4)nc1-2. The summed E-state index contributed by atoms with van der Waals surface area (Å²) in [5, 5.41) is 5.11. The number of carbonyl (C=O) groups excluding carboxylic acids is 1. The Hall–Kier alpha value is -2.91. The van der Waals surface area contributed by atoms with Crippen molar-refractivity contribution in [2.75, 3.05) is 24.8 Å². The van der Waals surface area contributed by atoms with E-state index in [4.69, 9.17) is 19.2 Å². The lowest BCUT2D eigenvalue weighted by Gasteiger charge is -2.23. The molecule has 2 aromatic heterocycles. The zero-order valence-electron chi connectivity index (χ0n) is 17.2. The highest BCUT2D eigenvalue weighted by Gasteiger charge is 2.31. The summed E-state index contributed by atoms with van der Waals surface area (Å²) in [6, 6.07) is 5.32. The second-order valence-electron chi connectivity index (χ2n) is 8.02. The summed E-state index contributed by atoms with van der Waals surface area (Å²) in [7, 11) is 1.96. The van der Waals surface area contributed by atoms with Crippen molar-refractivity contribution in [2.24, 2.45) is 7.05 Å². The van der Waals surface area contributed by atoms with E-state index in [1.165, 1.54) is 10.6 Å². The van der Waals surface area contributed by atoms with E-state index in [1.807, 2.05) is 17.9 Å². The summed E-state index contributed by atoms with van der Waals surface area (Å²) >= 11 is 1.59. The van der Waals surface area contributed by atoms with Gasteiger partial charge in [0.15, 0.2) is 16.6 Å². The Bertz CT molecular complexity index is 1160. The minimum atomic E-state index is -0.105. The molecule has 0 radical (unpaired) electrons. The molecular weight excluding hydrogens is 416 g/mol. The summed E-state index contributed by atoms with van der Waals surface area (Å²) in [6.45, 7) is 1.41. The zero-order chi connectivity index (χ0) is 20.9. The normalized spacial score (nSPS) is 18.7. The first-order valence-corrected chi connectivity index (χ1v) is 11.3. The Morgan fingerprint density at radius 3 is 3.06 bits per heavy atom. The van der Waals surface area contributed by atoms with Crippen molar-refractivity contribution in [1.82, 2.24) is 14.8 Å². The summed E-state index contributed by atoms with van der Waals surface area (Å²) in [4.78, 5) is 21.5. The fourth-order valence-electron chi connectivity index (χ4n) is 4.45. The van der Waals surface area contributed by atoms with E-state index in [1.54, 1.807) is 34.4 Å². The van der Waals surface area contributed by atoms with Crippen LogP contribution in [0.2, 0.25) is 0 Å². The minimum absolute atomic E-state index is 0.0211. The Morgan fingerprint density at radius 1 is 1.29 bits per heavy atom. The molecule has 0 bridgehead atoms. The molecule has 8 nitrogen and oxygen atoms in total. The highest BCUT2D eigenvalue weighted by molar-refractivity contribution is 7.16. The van der Waals surface area contributed by atoms with E-state index in [-0.39, 0.29) is 18.8 Å². The van der Waals surface area contributed by atoms with Gasteiger partial charge in [-0.2, -0.15) is 5.10 Å². The van der Waals surface area contributed by atoms with Gasteiger partial charge >= 0.3 is 0 Å². The summed E-state index contributed by atoms with van der Waals surface area (Å²) in [6.07, 6.45) is 5.70. The highest BCUT2D eigenvalue weighted by atomic mass is 32.1. The van der Waals surface area contributed by atoms with E-state index < -0.39 is 0 Å². The van der Waals surface area contributed by atoms with Crippen molar-refractivity contribution in [3.63, 3.8) is 0 Å². The second kappa shape index (κ2) is 7.35. The van der Waals surface area contributed by atoms with Crippen molar-refractivity contribution < 1.29 is 19.0 Å². The number of anilines is 1. The molecule has 0 N–H and O–H groups in total. The quantitative estimate of drug-likeness (QED) is 0.623. The summed E-state index contributed by atoms with van der Waals surface area (Å²) in [5.74, 6) is 1.16. The van der Waals surface area contributed by atoms with Gasteiger partial charge in [0.1, 0.15) is 0 Å². The van der Waals surface area contributed by atoms with Crippen molar-refractivity contribution >= 4 is 22.4 Å². The third kappa shape index (κ3) is 3.19. The predicted octanol–water partition coefficient (Wildman–Crippen LogP) is 3.20. The standard InChI is InChI=1S/C22H22N4O4S/c1-25-16-5-7-19-20(15(16)10-23-25)24-22(31-19)26(11-14-3-2-8-28-14)21(27)13-4-6-17-18(9-13)30-12-29-17/h4,6,9-10,14H,2-3,5,7-8,11-12H2,1H3/t14-/m0/s1. The highest BCUT2D eigenvalue weighted by Crippen LogP contribution is 2.40. The predicted molar refractivity (Wildman–Crippen MR) is 115 cm³/mol. The third-order valence-electron chi connectivity index (χ3n) is 6.10. The van der Waals surface area contributed by atoms with Crippen LogP contribution in [0.4, 0.5) is 5.13 Å². The van der Waals surface area contributed by atoms with Gasteiger partial charge < -0.3 is 14.2 Å². The Balaban J connectivity index is 1.38. The number of rotatable bonds is 4. The first-order valence-electron chi connectivity index (χ1n) is 10.5. The van der Waals surface area contributed by atoms with Crippen LogP contribution in [0.3, 0.4) is 0 Å². The number of amides is 1. The molecule has 1 aliphatic carbocycles. The van der Waals surface area contributed by atoms with Gasteiger partial charge in [0.2, 0.25) is 6.79 Å². The molecule has 1 amide bonds. The van der Waals surface area contributed by atoms with Crippen molar-refractivity contribution in [1.29, 1.82) is 0 Å². The Labute approximate surface area is 183 Å². The Kier molecular flexibility index (Phi) is 4.46. The van der Waals surface area contributed by atoms with Gasteiger partial charge in [-0.1, -0.05) is 0 Å². The fourth-order valence-corrected chi connectivity index (χ4v) is 5.53. The summed E-state index contributed by atoms with van der Waals surface area (Å²) < 4.78 is 18.6. The van der Waals surface area contributed by atoms with Crippen LogP contribution in [0.25, 0.3) is 11.3 Å². The number of benzene rings is 1. The first-order chi connectivity index (χ1) is 15.2. The van der Waals surface area contributed by atoms with Crippen LogP contribution in [-0.2, 0) is 24.6 Å². The molecule has 3 aliphatic rings. The van der Waals surface area contributed by atoms with E-state index in [0.717, 1.165) is 43.5 Å². The van der Waals surface area contributed by atoms with Crippen LogP contribution < -0.4 is 14.4 Å². The number of carbonyl (C=O) groups is 1. The third-order valence-corrected chi connectivity index (χ3v) is 7.24. The minimum Gasteiger partial charge on any atom is -0.454 e. The smallest absolute Gasteiger partial charge is 0.260 e. The monoisotopic (exact) mass is 438 g/mol. The number of fused-ring (bicyclic) bond motifs is 4. The van der Waals surface area contributed by atoms with Crippen LogP contribution in [0, 0.1) is 0 Å². The molecule has 6 rings (SSSR count). The molecule has 0 spiro atoms. The molecule has 1 saturated heterocycles. The number of hydrogen-bond donors (Lipinski definition) is 0. The largest absolute Gasteiger partial charge is 0.454 e. The maximum atomic E-state index is 13.6. The van der Waals surface area contributed by atoms with Crippen molar-refractivity contribution in [2.45, 2.75) is 31.8 Å². The lowest BCUT2D eigenvalue weighted by Crippen LogP contribution is -2.37. The maximum absolute atomic E-state index is 13.6. The Morgan fingerprint density at radius 2 is 2.19 bits per heavy atom. The van der Waals surface area contributed by atoms with E-state index in [0.29, 0.717) is 28.7 Å². The molecule has 4 heterocycles. The van der Waals surface area contributed by atoms with Crippen LogP contribution >= 0.6 is 11.3 Å². The number of aryl methyl sites for hydroxylation is 2. The second-order valence-corrected chi connectivity index (χ2v) is 9.08. The fraction of sp³-hybridized carbons (Fsp3) is 0.409. The molecule has 0 unspecified atom stereocenters. The van der Waals surface area contributed by atoms with Crippen LogP contribution in [-0.4, -0.2) is 46.7 Å². The number of ether oxygens (including phenoxy) is 3. The van der Waals surface area contributed by atoms with Gasteiger partial charge in [0, 0.05) is 35.4 Å². The molecule has 1 atom stereocenters. The van der Waals surface area contributed by atoms with Crippen molar-refractivity contribution in [3.05, 3.63) is 40.5 Å². The molecule has 31 heavy (non-hydrogen) atoms. The molecular formula is C22H22N4O4S. The van der Waals surface area contributed by atoms with Crippen LogP contribution in [0.1, 0.15) is 33.8 Å². The van der Waals surface area contributed by atoms with Gasteiger partial charge in [0.05, 0.1) is 24.5 Å². The molecule has 9 heteroatoms. The average Bonchev–Trinajstić information content (AvgIpc) is 3.57. The van der Waals surface area contributed by atoms with Gasteiger partial charge in [-0.25, -0.2) is 4.98 Å². The molecule has 1 aromatic carbocycles. The van der Waals surface area contributed by atoms with E-state index in [9.17, 15) is 4.79 Å². The van der Waals surface area contributed by atoms with Crippen LogP contribution in [0.5, 0.6) is 11.5 Å². The molecule has 0 saturated carbocycles. The number of thiazole rings is 1. The van der Waals surface area contributed by atoms with Gasteiger partial charge in [-0.3, -0.25) is 14.4 Å². The van der Waals surface area contributed by atoms with Gasteiger partial charge in [0.25, 0.3) is 5.91 Å². The zero-order valence-corrected chi connectivity index (χ0v) is 18.0. The average molecular weight is 439 g/mol. The number of aromatic nitrogens is 3. The molecule has 2 aliphatic heterocycles. The lowest BCUT2D eigenvalue weighted by molar-refractivity contribution is 0.0917. The van der Waals surface area contributed by atoms with Crippen molar-refractivity contribution in [3.8, 4) is 22.8 Å². The van der Waals surface area contributed by atoms with E-state index in [2.05, 4.69) is 5.10 Å². The summed E-state index contributed by atoms with van der Waals surface area (Å²) in [5.41, 5.74) is 3.76. The topological polar surface area (TPSA) is 78.7 Å². The van der Waals surface area contributed by atoms with E-state index >= 15 is 0 Å². The number of nitrogens with zero attached hydrogens (tertiary/aromatic N) is 4. The first kappa shape index (κ1) is 18.8. The van der Waals surface area contributed by atoms with Gasteiger partial charge in [-0.05, 0) is 43.9 Å². The molecule has 3 aromatic rings. The maximum Gasteiger partial charge on any atom is 0.260 e. The lowest BCUT2D eigenvalue weighted by atomic mass is 10.0. The molecule has 1 fully saturated rings.